The molecule has 0 fully saturated rings. The van der Waals surface area contributed by atoms with Crippen LogP contribution in [0.3, 0.4) is 0 Å². The van der Waals surface area contributed by atoms with E-state index in [-0.39, 0.29) is 18.4 Å². The van der Waals surface area contributed by atoms with Crippen LogP contribution in [0.4, 0.5) is 4.79 Å². The molecule has 1 aromatic heterocycles. The van der Waals surface area contributed by atoms with E-state index < -0.39 is 17.2 Å². The van der Waals surface area contributed by atoms with Crippen LogP contribution >= 0.6 is 0 Å². The number of hydrogen-bond acceptors (Lipinski definition) is 5. The first kappa shape index (κ1) is 22.4. The van der Waals surface area contributed by atoms with Gasteiger partial charge in [-0.05, 0) is 33.3 Å². The van der Waals surface area contributed by atoms with Crippen LogP contribution in [0.5, 0.6) is 0 Å². The largest absolute Gasteiger partial charge is 0.444 e. The molecule has 8 heteroatoms. The van der Waals surface area contributed by atoms with E-state index in [1.165, 1.54) is 0 Å². The highest BCUT2D eigenvalue weighted by molar-refractivity contribution is 5.90. The third-order valence-corrected chi connectivity index (χ3v) is 4.48. The number of alkyl carbamates (subject to hydrolysis) is 1. The van der Waals surface area contributed by atoms with Crippen molar-refractivity contribution in [2.75, 3.05) is 0 Å². The molecule has 29 heavy (non-hydrogen) atoms. The average Bonchev–Trinajstić information content (AvgIpc) is 2.99. The maximum absolute atomic E-state index is 13.2. The third-order valence-electron chi connectivity index (χ3n) is 4.48. The number of benzene rings is 1. The average molecular weight is 402 g/mol. The Hall–Kier alpha value is -2.90. The molecule has 1 aromatic carbocycles. The van der Waals surface area contributed by atoms with Crippen molar-refractivity contribution < 1.29 is 14.3 Å². The zero-order valence-electron chi connectivity index (χ0n) is 18.2. The molecule has 2 rings (SSSR count). The zero-order chi connectivity index (χ0) is 21.8. The highest BCUT2D eigenvalue weighted by Crippen LogP contribution is 2.22. The predicted molar refractivity (Wildman–Crippen MR) is 110 cm³/mol. The van der Waals surface area contributed by atoms with Crippen molar-refractivity contribution in [1.82, 2.24) is 25.4 Å². The fourth-order valence-corrected chi connectivity index (χ4v) is 2.91. The molecule has 0 radical (unpaired) electrons. The van der Waals surface area contributed by atoms with Crippen LogP contribution in [-0.2, 0) is 28.7 Å². The molecule has 1 atom stereocenters. The Morgan fingerprint density at radius 2 is 1.72 bits per heavy atom. The zero-order valence-corrected chi connectivity index (χ0v) is 18.2. The number of rotatable bonds is 6. The molecular weight excluding hydrogens is 370 g/mol. The molecule has 0 saturated heterocycles. The Morgan fingerprint density at radius 3 is 2.24 bits per heavy atom. The van der Waals surface area contributed by atoms with Gasteiger partial charge in [0.25, 0.3) is 5.91 Å². The summed E-state index contributed by atoms with van der Waals surface area (Å²) >= 11 is 0. The number of hydrogen-bond donors (Lipinski definition) is 2. The normalized spacial score (nSPS) is 13.7. The van der Waals surface area contributed by atoms with Gasteiger partial charge in [-0.2, -0.15) is 0 Å². The smallest absolute Gasteiger partial charge is 0.408 e. The summed E-state index contributed by atoms with van der Waals surface area (Å²) in [5, 5.41) is 13.9. The van der Waals surface area contributed by atoms with Gasteiger partial charge in [0.2, 0.25) is 0 Å². The van der Waals surface area contributed by atoms with Crippen LogP contribution in [0.2, 0.25) is 0 Å². The Morgan fingerprint density at radius 1 is 1.10 bits per heavy atom. The van der Waals surface area contributed by atoms with E-state index in [0.29, 0.717) is 11.4 Å². The Labute approximate surface area is 172 Å². The Kier molecular flexibility index (Phi) is 6.66. The van der Waals surface area contributed by atoms with E-state index in [0.717, 1.165) is 5.82 Å². The van der Waals surface area contributed by atoms with Crippen LogP contribution in [0, 0.1) is 0 Å². The molecule has 0 bridgehead atoms. The van der Waals surface area contributed by atoms with Gasteiger partial charge in [-0.15, -0.1) is 10.2 Å². The summed E-state index contributed by atoms with van der Waals surface area (Å²) in [6.07, 6.45) is -0.667. The fourth-order valence-electron chi connectivity index (χ4n) is 2.91. The maximum atomic E-state index is 13.2. The molecule has 0 aliphatic carbocycles. The van der Waals surface area contributed by atoms with Gasteiger partial charge in [0, 0.05) is 13.0 Å². The van der Waals surface area contributed by atoms with Crippen molar-refractivity contribution in [3.63, 3.8) is 0 Å². The van der Waals surface area contributed by atoms with Gasteiger partial charge in [0.05, 0.1) is 6.54 Å². The molecule has 2 N–H and O–H groups in total. The SMILES string of the molecule is CC(C)c1nnc(CNC(=O)[C@](C)(NC(=O)OC(C)(C)C)c2ccccc2)n1C. The van der Waals surface area contributed by atoms with Crippen molar-refractivity contribution in [3.05, 3.63) is 47.5 Å². The summed E-state index contributed by atoms with van der Waals surface area (Å²) in [5.74, 6) is 1.32. The standard InChI is InChI=1S/C21H31N5O3/c1-14(2)17-25-24-16(26(17)7)13-22-18(27)21(6,15-11-9-8-10-12-15)23-19(28)29-20(3,4)5/h8-12,14H,13H2,1-7H3,(H,22,27)(H,23,28)/t21-/m1/s1. The van der Waals surface area contributed by atoms with Crippen LogP contribution < -0.4 is 10.6 Å². The number of carbonyl (C=O) groups excluding carboxylic acids is 2. The molecule has 0 spiro atoms. The molecule has 0 aliphatic heterocycles. The van der Waals surface area contributed by atoms with Crippen LogP contribution in [0.25, 0.3) is 0 Å². The molecular formula is C21H31N5O3. The van der Waals surface area contributed by atoms with Crippen molar-refractivity contribution in [2.24, 2.45) is 7.05 Å². The molecule has 1 heterocycles. The van der Waals surface area contributed by atoms with Gasteiger partial charge < -0.3 is 19.9 Å². The summed E-state index contributed by atoms with van der Waals surface area (Å²) in [6, 6.07) is 9.05. The van der Waals surface area contributed by atoms with Gasteiger partial charge in [-0.25, -0.2) is 4.79 Å². The summed E-state index contributed by atoms with van der Waals surface area (Å²) < 4.78 is 7.23. The lowest BCUT2D eigenvalue weighted by atomic mass is 9.91. The Balaban J connectivity index is 2.22. The van der Waals surface area contributed by atoms with E-state index in [9.17, 15) is 9.59 Å². The second kappa shape index (κ2) is 8.63. The summed E-state index contributed by atoms with van der Waals surface area (Å²) in [7, 11) is 1.87. The van der Waals surface area contributed by atoms with Gasteiger partial charge >= 0.3 is 6.09 Å². The summed E-state index contributed by atoms with van der Waals surface area (Å²) in [4.78, 5) is 25.6. The number of aromatic nitrogens is 3. The Bertz CT molecular complexity index is 855. The third kappa shape index (κ3) is 5.56. The van der Waals surface area contributed by atoms with E-state index >= 15 is 0 Å². The lowest BCUT2D eigenvalue weighted by molar-refractivity contribution is -0.127. The van der Waals surface area contributed by atoms with E-state index in [2.05, 4.69) is 20.8 Å². The number of nitrogens with zero attached hydrogens (tertiary/aromatic N) is 3. The number of amides is 2. The molecule has 0 saturated carbocycles. The highest BCUT2D eigenvalue weighted by Gasteiger charge is 2.38. The van der Waals surface area contributed by atoms with Crippen molar-refractivity contribution in [1.29, 1.82) is 0 Å². The van der Waals surface area contributed by atoms with Gasteiger partial charge in [0.1, 0.15) is 17.0 Å². The molecule has 0 unspecified atom stereocenters. The van der Waals surface area contributed by atoms with Crippen LogP contribution in [0.15, 0.2) is 30.3 Å². The number of carbonyl (C=O) groups is 2. The fraction of sp³-hybridized carbons (Fsp3) is 0.524. The summed E-state index contributed by atoms with van der Waals surface area (Å²) in [6.45, 7) is 11.2. The second-order valence-corrected chi connectivity index (χ2v) is 8.49. The van der Waals surface area contributed by atoms with E-state index in [1.54, 1.807) is 39.8 Å². The predicted octanol–water partition coefficient (Wildman–Crippen LogP) is 2.99. The first-order chi connectivity index (χ1) is 13.4. The van der Waals surface area contributed by atoms with E-state index in [1.807, 2.05) is 43.7 Å². The topological polar surface area (TPSA) is 98.1 Å². The van der Waals surface area contributed by atoms with Crippen LogP contribution in [-0.4, -0.2) is 32.4 Å². The molecule has 2 amide bonds. The van der Waals surface area contributed by atoms with Gasteiger partial charge in [0.15, 0.2) is 5.82 Å². The maximum Gasteiger partial charge on any atom is 0.408 e. The quantitative estimate of drug-likeness (QED) is 0.775. The molecule has 158 valence electrons. The first-order valence-electron chi connectivity index (χ1n) is 9.67. The minimum Gasteiger partial charge on any atom is -0.444 e. The first-order valence-corrected chi connectivity index (χ1v) is 9.67. The minimum absolute atomic E-state index is 0.188. The van der Waals surface area contributed by atoms with Gasteiger partial charge in [-0.3, -0.25) is 4.79 Å². The van der Waals surface area contributed by atoms with Gasteiger partial charge in [-0.1, -0.05) is 44.2 Å². The van der Waals surface area contributed by atoms with Crippen LogP contribution in [0.1, 0.15) is 64.7 Å². The molecule has 8 nitrogen and oxygen atoms in total. The van der Waals surface area contributed by atoms with Crippen molar-refractivity contribution >= 4 is 12.0 Å². The molecule has 0 aliphatic rings. The van der Waals surface area contributed by atoms with E-state index in [4.69, 9.17) is 4.74 Å². The second-order valence-electron chi connectivity index (χ2n) is 8.49. The molecule has 2 aromatic rings. The number of nitrogens with one attached hydrogen (secondary N) is 2. The monoisotopic (exact) mass is 401 g/mol. The van der Waals surface area contributed by atoms with Crippen molar-refractivity contribution in [2.45, 2.75) is 65.1 Å². The summed E-state index contributed by atoms with van der Waals surface area (Å²) in [5.41, 5.74) is -1.35. The number of ether oxygens (including phenoxy) is 1. The van der Waals surface area contributed by atoms with Crippen molar-refractivity contribution in [3.8, 4) is 0 Å². The lowest BCUT2D eigenvalue weighted by Gasteiger charge is -2.31. The lowest BCUT2D eigenvalue weighted by Crippen LogP contribution is -2.55. The highest BCUT2D eigenvalue weighted by atomic mass is 16.6. The minimum atomic E-state index is -1.32.